The summed E-state index contributed by atoms with van der Waals surface area (Å²) in [4.78, 5) is -0.411. The van der Waals surface area contributed by atoms with E-state index < -0.39 is 37.7 Å². The van der Waals surface area contributed by atoms with Crippen LogP contribution in [0.15, 0.2) is 41.4 Å². The van der Waals surface area contributed by atoms with E-state index in [0.717, 1.165) is 17.8 Å². The van der Waals surface area contributed by atoms with Gasteiger partial charge in [-0.15, -0.1) is 0 Å². The third-order valence-electron chi connectivity index (χ3n) is 4.14. The van der Waals surface area contributed by atoms with Crippen LogP contribution in [-0.4, -0.2) is 23.8 Å². The van der Waals surface area contributed by atoms with Crippen molar-refractivity contribution in [1.82, 2.24) is 8.87 Å². The predicted molar refractivity (Wildman–Crippen MR) is 83.2 cm³/mol. The van der Waals surface area contributed by atoms with Crippen molar-refractivity contribution in [3.05, 3.63) is 52.8 Å². The van der Waals surface area contributed by atoms with Gasteiger partial charge in [-0.3, -0.25) is 0 Å². The quantitative estimate of drug-likeness (QED) is 0.794. The zero-order valence-electron chi connectivity index (χ0n) is 12.6. The smallest absolute Gasteiger partial charge is 0.349 e. The third-order valence-corrected chi connectivity index (χ3v) is 6.43. The Morgan fingerprint density at radius 3 is 2.58 bits per heavy atom. The highest BCUT2D eigenvalue weighted by atomic mass is 35.5. The molecular weight excluding hydrogens is 365 g/mol. The monoisotopic (exact) mass is 378 g/mol. The zero-order chi connectivity index (χ0) is 17.7. The number of alkyl halides is 3. The molecule has 0 N–H and O–H groups in total. The van der Waals surface area contributed by atoms with Gasteiger partial charge in [0.1, 0.15) is 0 Å². The molecule has 0 radical (unpaired) electrons. The van der Waals surface area contributed by atoms with E-state index in [4.69, 9.17) is 11.6 Å². The molecule has 2 aromatic rings. The van der Waals surface area contributed by atoms with Crippen molar-refractivity contribution in [3.8, 4) is 0 Å². The van der Waals surface area contributed by atoms with Crippen LogP contribution in [0.2, 0.25) is 5.02 Å². The van der Waals surface area contributed by atoms with Crippen molar-refractivity contribution >= 4 is 21.6 Å². The molecule has 0 unspecified atom stereocenters. The number of hydrogen-bond acceptors (Lipinski definition) is 2. The molecule has 1 aromatic heterocycles. The molecule has 0 saturated heterocycles. The van der Waals surface area contributed by atoms with Crippen LogP contribution in [-0.2, 0) is 22.7 Å². The summed E-state index contributed by atoms with van der Waals surface area (Å²) in [5.41, 5.74) is -0.354. The summed E-state index contributed by atoms with van der Waals surface area (Å²) < 4.78 is 67.8. The topological polar surface area (TPSA) is 42.3 Å². The summed E-state index contributed by atoms with van der Waals surface area (Å²) in [5.74, 6) is 0. The fourth-order valence-corrected chi connectivity index (χ4v) is 4.75. The number of aromatic nitrogens is 1. The van der Waals surface area contributed by atoms with Crippen LogP contribution in [0.4, 0.5) is 13.2 Å². The van der Waals surface area contributed by atoms with Crippen molar-refractivity contribution in [2.45, 2.75) is 30.6 Å². The van der Waals surface area contributed by atoms with E-state index in [0.29, 0.717) is 12.6 Å². The van der Waals surface area contributed by atoms with Crippen LogP contribution in [0, 0.1) is 0 Å². The Morgan fingerprint density at radius 1 is 1.21 bits per heavy atom. The lowest BCUT2D eigenvalue weighted by Crippen LogP contribution is -2.40. The Bertz CT molecular complexity index is 877. The Hall–Kier alpha value is -1.51. The van der Waals surface area contributed by atoms with E-state index >= 15 is 0 Å². The molecule has 0 spiro atoms. The normalized spacial score (nSPS) is 19.3. The van der Waals surface area contributed by atoms with Crippen molar-refractivity contribution in [2.24, 2.45) is 0 Å². The summed E-state index contributed by atoms with van der Waals surface area (Å²) in [6, 6.07) is 5.81. The summed E-state index contributed by atoms with van der Waals surface area (Å²) in [6.45, 7) is 2.35. The van der Waals surface area contributed by atoms with Crippen LogP contribution in [0.3, 0.4) is 0 Å². The molecule has 2 heterocycles. The highest BCUT2D eigenvalue weighted by Crippen LogP contribution is 2.38. The summed E-state index contributed by atoms with van der Waals surface area (Å²) in [7, 11) is -4.07. The number of fused-ring (bicyclic) bond motifs is 1. The first-order valence-corrected chi connectivity index (χ1v) is 8.98. The maximum Gasteiger partial charge on any atom is 0.417 e. The lowest BCUT2D eigenvalue weighted by molar-refractivity contribution is -0.137. The second-order valence-electron chi connectivity index (χ2n) is 5.56. The minimum Gasteiger partial charge on any atom is -0.349 e. The lowest BCUT2D eigenvalue weighted by Gasteiger charge is -2.34. The van der Waals surface area contributed by atoms with Gasteiger partial charge in [-0.05, 0) is 37.3 Å². The summed E-state index contributed by atoms with van der Waals surface area (Å²) >= 11 is 5.57. The zero-order valence-corrected chi connectivity index (χ0v) is 14.2. The maximum atomic E-state index is 13.0. The van der Waals surface area contributed by atoms with Gasteiger partial charge in [0.25, 0.3) is 0 Å². The maximum absolute atomic E-state index is 13.0. The van der Waals surface area contributed by atoms with Crippen molar-refractivity contribution in [2.75, 3.05) is 6.54 Å². The Kier molecular flexibility index (Phi) is 4.17. The van der Waals surface area contributed by atoms with Crippen molar-refractivity contribution in [3.63, 3.8) is 0 Å². The van der Waals surface area contributed by atoms with Gasteiger partial charge in [-0.2, -0.15) is 17.5 Å². The van der Waals surface area contributed by atoms with E-state index in [-0.39, 0.29) is 6.54 Å². The van der Waals surface area contributed by atoms with Crippen molar-refractivity contribution < 1.29 is 21.6 Å². The van der Waals surface area contributed by atoms with Crippen LogP contribution in [0.1, 0.15) is 24.2 Å². The van der Waals surface area contributed by atoms with Gasteiger partial charge in [0.05, 0.1) is 21.5 Å². The number of rotatable bonds is 2. The van der Waals surface area contributed by atoms with E-state index in [1.807, 2.05) is 16.8 Å². The van der Waals surface area contributed by atoms with Gasteiger partial charge in [-0.25, -0.2) is 8.42 Å². The van der Waals surface area contributed by atoms with Gasteiger partial charge >= 0.3 is 6.18 Å². The first kappa shape index (κ1) is 17.3. The van der Waals surface area contributed by atoms with Crippen LogP contribution in [0.25, 0.3) is 0 Å². The van der Waals surface area contributed by atoms with Gasteiger partial charge in [0.2, 0.25) is 10.0 Å². The molecule has 0 saturated carbocycles. The van der Waals surface area contributed by atoms with Gasteiger partial charge < -0.3 is 4.57 Å². The summed E-state index contributed by atoms with van der Waals surface area (Å²) in [6.07, 6.45) is -2.87. The molecule has 1 aliphatic heterocycles. The molecule has 0 bridgehead atoms. The highest BCUT2D eigenvalue weighted by molar-refractivity contribution is 7.89. The third kappa shape index (κ3) is 2.82. The fraction of sp³-hybridized carbons (Fsp3) is 0.333. The van der Waals surface area contributed by atoms with Gasteiger partial charge in [0, 0.05) is 25.0 Å². The predicted octanol–water partition coefficient (Wildman–Crippen LogP) is 3.93. The van der Waals surface area contributed by atoms with E-state index in [2.05, 4.69) is 0 Å². The average molecular weight is 379 g/mol. The van der Waals surface area contributed by atoms with E-state index in [1.54, 1.807) is 13.0 Å². The van der Waals surface area contributed by atoms with E-state index in [9.17, 15) is 21.6 Å². The molecule has 0 aliphatic carbocycles. The molecule has 1 aromatic carbocycles. The molecule has 24 heavy (non-hydrogen) atoms. The molecule has 0 fully saturated rings. The average Bonchev–Trinajstić information content (AvgIpc) is 2.95. The number of hydrogen-bond donors (Lipinski definition) is 0. The lowest BCUT2D eigenvalue weighted by atomic mass is 10.2. The van der Waals surface area contributed by atoms with Crippen LogP contribution < -0.4 is 0 Å². The Balaban J connectivity index is 2.03. The van der Waals surface area contributed by atoms with Gasteiger partial charge in [-0.1, -0.05) is 11.6 Å². The number of nitrogens with zero attached hydrogens (tertiary/aromatic N) is 2. The Labute approximate surface area is 142 Å². The van der Waals surface area contributed by atoms with Gasteiger partial charge in [0.15, 0.2) is 0 Å². The molecule has 3 rings (SSSR count). The number of benzene rings is 1. The fourth-order valence-electron chi connectivity index (χ4n) is 2.90. The molecule has 130 valence electrons. The highest BCUT2D eigenvalue weighted by Gasteiger charge is 2.37. The number of sulfonamides is 1. The van der Waals surface area contributed by atoms with Crippen LogP contribution >= 0.6 is 11.6 Å². The molecular formula is C15H14ClF3N2O2S. The van der Waals surface area contributed by atoms with E-state index in [1.165, 1.54) is 4.31 Å². The van der Waals surface area contributed by atoms with Crippen molar-refractivity contribution in [1.29, 1.82) is 0 Å². The molecule has 9 heteroatoms. The minimum absolute atomic E-state index is 0.190. The minimum atomic E-state index is -4.72. The molecule has 1 atom stereocenters. The first-order chi connectivity index (χ1) is 11.1. The van der Waals surface area contributed by atoms with Crippen LogP contribution in [0.5, 0.6) is 0 Å². The second kappa shape index (κ2) is 5.79. The first-order valence-electron chi connectivity index (χ1n) is 7.16. The molecule has 4 nitrogen and oxygen atoms in total. The standard InChI is InChI=1S/C15H14ClF3N2O2S/c1-10-14-3-2-6-20(14)7-8-21(10)24(22,23)11-4-5-13(16)12(9-11)15(17,18)19/h2-6,9-10H,7-8H2,1H3/t10-/m1/s1. The summed E-state index contributed by atoms with van der Waals surface area (Å²) in [5, 5.41) is -0.526. The molecule has 1 aliphatic rings. The SMILES string of the molecule is C[C@@H]1c2cccn2CCN1S(=O)(=O)c1ccc(Cl)c(C(F)(F)F)c1. The molecule has 0 amide bonds. The second-order valence-corrected chi connectivity index (χ2v) is 7.86. The largest absolute Gasteiger partial charge is 0.417 e. The number of halogens is 4. The Morgan fingerprint density at radius 2 is 1.92 bits per heavy atom.